The highest BCUT2D eigenvalue weighted by Gasteiger charge is 2.27. The normalized spacial score (nSPS) is 21.1. The van der Waals surface area contributed by atoms with E-state index in [0.29, 0.717) is 36.2 Å². The van der Waals surface area contributed by atoms with Crippen LogP contribution in [0.2, 0.25) is 0 Å². The summed E-state index contributed by atoms with van der Waals surface area (Å²) in [6.07, 6.45) is 4.02. The summed E-state index contributed by atoms with van der Waals surface area (Å²) in [6.45, 7) is 1.05. The van der Waals surface area contributed by atoms with Gasteiger partial charge in [0.1, 0.15) is 19.0 Å². The minimum absolute atomic E-state index is 0.0684. The number of ether oxygens (including phenoxy) is 2. The van der Waals surface area contributed by atoms with Crippen molar-refractivity contribution in [3.05, 3.63) is 52.3 Å². The van der Waals surface area contributed by atoms with Gasteiger partial charge in [0.25, 0.3) is 5.91 Å². The molecule has 150 valence electrons. The van der Waals surface area contributed by atoms with Crippen LogP contribution >= 0.6 is 15.9 Å². The molecule has 5 rings (SSSR count). The van der Waals surface area contributed by atoms with Crippen LogP contribution in [0.3, 0.4) is 0 Å². The number of aromatic amines is 1. The number of imidazole rings is 1. The molecule has 0 bridgehead atoms. The van der Waals surface area contributed by atoms with E-state index in [0.717, 1.165) is 47.0 Å². The Hall–Kier alpha value is -2.54. The van der Waals surface area contributed by atoms with Crippen molar-refractivity contribution in [2.45, 2.75) is 37.6 Å². The highest BCUT2D eigenvalue weighted by molar-refractivity contribution is 9.10. The fourth-order valence-corrected chi connectivity index (χ4v) is 4.58. The molecule has 3 aromatic rings. The second-order valence-electron chi connectivity index (χ2n) is 7.68. The Morgan fingerprint density at radius 1 is 1.10 bits per heavy atom. The van der Waals surface area contributed by atoms with E-state index in [9.17, 15) is 4.79 Å². The first-order valence-electron chi connectivity index (χ1n) is 10.0. The zero-order valence-corrected chi connectivity index (χ0v) is 17.5. The molecule has 0 radical (unpaired) electrons. The van der Waals surface area contributed by atoms with Gasteiger partial charge in [-0.05, 0) is 55.7 Å². The number of rotatable bonds is 3. The Labute approximate surface area is 177 Å². The topological polar surface area (TPSA) is 76.2 Å². The van der Waals surface area contributed by atoms with Crippen molar-refractivity contribution in [2.75, 3.05) is 13.2 Å². The number of H-pyrrole nitrogens is 1. The van der Waals surface area contributed by atoms with Gasteiger partial charge in [-0.15, -0.1) is 0 Å². The largest absolute Gasteiger partial charge is 0.486 e. The summed E-state index contributed by atoms with van der Waals surface area (Å²) in [5.74, 6) is 2.60. The van der Waals surface area contributed by atoms with Gasteiger partial charge >= 0.3 is 0 Å². The van der Waals surface area contributed by atoms with Crippen molar-refractivity contribution in [1.29, 1.82) is 0 Å². The van der Waals surface area contributed by atoms with Crippen LogP contribution < -0.4 is 14.8 Å². The number of hydrogen-bond acceptors (Lipinski definition) is 4. The monoisotopic (exact) mass is 455 g/mol. The smallest absolute Gasteiger partial charge is 0.251 e. The van der Waals surface area contributed by atoms with Crippen molar-refractivity contribution in [3.63, 3.8) is 0 Å². The van der Waals surface area contributed by atoms with E-state index in [1.54, 1.807) is 18.2 Å². The van der Waals surface area contributed by atoms with E-state index in [1.165, 1.54) is 0 Å². The molecule has 0 unspecified atom stereocenters. The van der Waals surface area contributed by atoms with Gasteiger partial charge in [0.05, 0.1) is 11.0 Å². The molecule has 2 aromatic carbocycles. The van der Waals surface area contributed by atoms with Gasteiger partial charge < -0.3 is 19.8 Å². The number of fused-ring (bicyclic) bond motifs is 2. The minimum Gasteiger partial charge on any atom is -0.486 e. The van der Waals surface area contributed by atoms with Crippen molar-refractivity contribution in [2.24, 2.45) is 0 Å². The highest BCUT2D eigenvalue weighted by Crippen LogP contribution is 2.34. The van der Waals surface area contributed by atoms with E-state index >= 15 is 0 Å². The molecule has 1 saturated carbocycles. The maximum Gasteiger partial charge on any atom is 0.251 e. The van der Waals surface area contributed by atoms with Gasteiger partial charge in [0.2, 0.25) is 0 Å². The third-order valence-corrected chi connectivity index (χ3v) is 6.16. The molecule has 0 spiro atoms. The molecule has 29 heavy (non-hydrogen) atoms. The zero-order valence-electron chi connectivity index (χ0n) is 15.9. The molecule has 0 saturated heterocycles. The Morgan fingerprint density at radius 2 is 1.97 bits per heavy atom. The number of carbonyl (C=O) groups is 1. The SMILES string of the molecule is O=C(N[C@@H]1CCC[C@H](c2nc3ccc(Br)cc3[nH]2)C1)c1ccc2c(c1)OCCO2. The number of benzene rings is 2. The van der Waals surface area contributed by atoms with Crippen LogP contribution in [-0.2, 0) is 0 Å². The van der Waals surface area contributed by atoms with Gasteiger partial charge in [-0.25, -0.2) is 4.98 Å². The van der Waals surface area contributed by atoms with Crippen molar-refractivity contribution in [1.82, 2.24) is 15.3 Å². The number of nitrogens with one attached hydrogen (secondary N) is 2. The predicted octanol–water partition coefficient (Wildman–Crippen LogP) is 4.55. The lowest BCUT2D eigenvalue weighted by atomic mass is 9.85. The summed E-state index contributed by atoms with van der Waals surface area (Å²) in [7, 11) is 0. The number of halogens is 1. The fraction of sp³-hybridized carbons (Fsp3) is 0.364. The van der Waals surface area contributed by atoms with Crippen molar-refractivity contribution >= 4 is 32.9 Å². The molecule has 1 aliphatic heterocycles. The average molecular weight is 456 g/mol. The van der Waals surface area contributed by atoms with Crippen molar-refractivity contribution in [3.8, 4) is 11.5 Å². The third-order valence-electron chi connectivity index (χ3n) is 5.66. The average Bonchev–Trinajstić information content (AvgIpc) is 3.17. The molecule has 1 aliphatic carbocycles. The van der Waals surface area contributed by atoms with Gasteiger partial charge in [-0.3, -0.25) is 4.79 Å². The number of amides is 1. The van der Waals surface area contributed by atoms with Crippen LogP contribution in [0, 0.1) is 0 Å². The summed E-state index contributed by atoms with van der Waals surface area (Å²) < 4.78 is 12.2. The van der Waals surface area contributed by atoms with Gasteiger partial charge in [0, 0.05) is 22.0 Å². The molecule has 2 atom stereocenters. The van der Waals surface area contributed by atoms with Crippen LogP contribution in [0.25, 0.3) is 11.0 Å². The Balaban J connectivity index is 1.28. The molecule has 1 fully saturated rings. The first-order chi connectivity index (χ1) is 14.2. The number of aromatic nitrogens is 2. The lowest BCUT2D eigenvalue weighted by Crippen LogP contribution is -2.38. The lowest BCUT2D eigenvalue weighted by Gasteiger charge is -2.29. The quantitative estimate of drug-likeness (QED) is 0.606. The van der Waals surface area contributed by atoms with Gasteiger partial charge in [-0.1, -0.05) is 22.4 Å². The first-order valence-corrected chi connectivity index (χ1v) is 10.8. The number of carbonyl (C=O) groups excluding carboxylic acids is 1. The predicted molar refractivity (Wildman–Crippen MR) is 114 cm³/mol. The van der Waals surface area contributed by atoms with E-state index in [-0.39, 0.29) is 11.9 Å². The van der Waals surface area contributed by atoms with E-state index in [2.05, 4.69) is 32.3 Å². The minimum atomic E-state index is -0.0684. The van der Waals surface area contributed by atoms with Crippen LogP contribution in [0.1, 0.15) is 47.8 Å². The molecule has 2 aliphatic rings. The van der Waals surface area contributed by atoms with E-state index in [1.807, 2.05) is 12.1 Å². The molecule has 2 N–H and O–H groups in total. The lowest BCUT2D eigenvalue weighted by molar-refractivity contribution is 0.0923. The second kappa shape index (κ2) is 7.71. The number of nitrogens with zero attached hydrogens (tertiary/aromatic N) is 1. The first kappa shape index (κ1) is 18.5. The molecule has 1 amide bonds. The van der Waals surface area contributed by atoms with E-state index < -0.39 is 0 Å². The third kappa shape index (κ3) is 3.83. The summed E-state index contributed by atoms with van der Waals surface area (Å²) in [4.78, 5) is 21.0. The summed E-state index contributed by atoms with van der Waals surface area (Å²) in [6, 6.07) is 11.6. The number of hydrogen-bond donors (Lipinski definition) is 2. The second-order valence-corrected chi connectivity index (χ2v) is 8.59. The van der Waals surface area contributed by atoms with E-state index in [4.69, 9.17) is 14.5 Å². The Morgan fingerprint density at radius 3 is 2.86 bits per heavy atom. The molecule has 1 aromatic heterocycles. The molecular formula is C22H22BrN3O3. The maximum atomic E-state index is 12.8. The fourth-order valence-electron chi connectivity index (χ4n) is 4.22. The summed E-state index contributed by atoms with van der Waals surface area (Å²) in [5, 5.41) is 3.20. The Kier molecular flexibility index (Phi) is 4.91. The van der Waals surface area contributed by atoms with Crippen LogP contribution in [0.15, 0.2) is 40.9 Å². The molecule has 6 nitrogen and oxygen atoms in total. The maximum absolute atomic E-state index is 12.8. The molecule has 7 heteroatoms. The zero-order chi connectivity index (χ0) is 19.8. The van der Waals surface area contributed by atoms with Gasteiger partial charge in [-0.2, -0.15) is 0 Å². The summed E-state index contributed by atoms with van der Waals surface area (Å²) in [5.41, 5.74) is 2.62. The highest BCUT2D eigenvalue weighted by atomic mass is 79.9. The van der Waals surface area contributed by atoms with Crippen LogP contribution in [0.4, 0.5) is 0 Å². The summed E-state index contributed by atoms with van der Waals surface area (Å²) >= 11 is 3.51. The molecule has 2 heterocycles. The Bertz CT molecular complexity index is 1060. The standard InChI is InChI=1S/C22H22BrN3O3/c23-15-5-6-17-18(12-15)26-21(25-17)13-2-1-3-16(10-13)24-22(27)14-4-7-19-20(11-14)29-9-8-28-19/h4-7,11-13,16H,1-3,8-10H2,(H,24,27)(H,25,26)/t13-,16+/m0/s1. The van der Waals surface area contributed by atoms with Gasteiger partial charge in [0.15, 0.2) is 11.5 Å². The van der Waals surface area contributed by atoms with Crippen LogP contribution in [0.5, 0.6) is 11.5 Å². The molecular weight excluding hydrogens is 434 g/mol. The van der Waals surface area contributed by atoms with Crippen LogP contribution in [-0.4, -0.2) is 35.1 Å². The van der Waals surface area contributed by atoms with Crippen molar-refractivity contribution < 1.29 is 14.3 Å².